The van der Waals surface area contributed by atoms with E-state index in [0.29, 0.717) is 32.7 Å². The van der Waals surface area contributed by atoms with Crippen molar-refractivity contribution >= 4 is 51.9 Å². The van der Waals surface area contributed by atoms with E-state index in [2.05, 4.69) is 5.32 Å². The summed E-state index contributed by atoms with van der Waals surface area (Å²) in [6, 6.07) is 8.86. The molecule has 1 N–H and O–H groups in total. The number of aryl methyl sites for hydroxylation is 1. The molecule has 8 nitrogen and oxygen atoms in total. The first-order chi connectivity index (χ1) is 14.3. The van der Waals surface area contributed by atoms with E-state index in [0.717, 1.165) is 17.8 Å². The van der Waals surface area contributed by atoms with Gasteiger partial charge in [-0.1, -0.05) is 30.0 Å². The highest BCUT2D eigenvalue weighted by Crippen LogP contribution is 2.32. The molecule has 2 aromatic carbocycles. The summed E-state index contributed by atoms with van der Waals surface area (Å²) >= 11 is 6.13. The Balaban J connectivity index is 1.88. The summed E-state index contributed by atoms with van der Waals surface area (Å²) in [5.74, 6) is -0.565. The predicted molar refractivity (Wildman–Crippen MR) is 117 cm³/mol. The second-order valence-electron chi connectivity index (χ2n) is 6.20. The van der Waals surface area contributed by atoms with Crippen LogP contribution in [0.5, 0.6) is 11.5 Å². The highest BCUT2D eigenvalue weighted by atomic mass is 32.2. The van der Waals surface area contributed by atoms with Crippen molar-refractivity contribution in [3.8, 4) is 11.5 Å². The molecule has 10 heteroatoms. The number of thioether (sulfide) groups is 1. The normalized spacial score (nSPS) is 14.5. The molecule has 0 saturated carbocycles. The molecular formula is C20H16N2O6S2. The van der Waals surface area contributed by atoms with Gasteiger partial charge in [0.2, 0.25) is 0 Å². The van der Waals surface area contributed by atoms with E-state index >= 15 is 0 Å². The van der Waals surface area contributed by atoms with Crippen molar-refractivity contribution in [3.05, 3.63) is 68.1 Å². The van der Waals surface area contributed by atoms with Gasteiger partial charge in [0.05, 0.1) is 22.0 Å². The van der Waals surface area contributed by atoms with Gasteiger partial charge in [-0.2, -0.15) is 0 Å². The summed E-state index contributed by atoms with van der Waals surface area (Å²) in [6.07, 6.45) is 1.65. The van der Waals surface area contributed by atoms with Crippen molar-refractivity contribution in [2.75, 3.05) is 6.61 Å². The van der Waals surface area contributed by atoms with Crippen molar-refractivity contribution in [2.45, 2.75) is 13.8 Å². The van der Waals surface area contributed by atoms with Crippen molar-refractivity contribution in [1.29, 1.82) is 0 Å². The molecule has 1 heterocycles. The Morgan fingerprint density at radius 3 is 2.67 bits per heavy atom. The number of carbonyl (C=O) groups excluding carboxylic acids is 2. The number of hydrogen-bond acceptors (Lipinski definition) is 8. The van der Waals surface area contributed by atoms with Crippen LogP contribution < -0.4 is 14.8 Å². The number of thiocarbonyl (C=S) groups is 1. The summed E-state index contributed by atoms with van der Waals surface area (Å²) < 4.78 is 11.4. The van der Waals surface area contributed by atoms with Crippen LogP contribution in [-0.2, 0) is 4.79 Å². The molecule has 0 spiro atoms. The van der Waals surface area contributed by atoms with Crippen LogP contribution in [0.3, 0.4) is 0 Å². The maximum atomic E-state index is 12.6. The predicted octanol–water partition coefficient (Wildman–Crippen LogP) is 4.01. The van der Waals surface area contributed by atoms with E-state index < -0.39 is 10.9 Å². The Hall–Kier alpha value is -3.24. The standard InChI is InChI=1S/C20H16N2O6S2/c1-3-27-16-8-12(9-17-18(23)21-20(29)30-17)4-5-15(16)28-19(24)13-6-11(2)7-14(10-13)22(25)26/h4-10H,3H2,1-2H3,(H,21,23,29). The number of nitrogens with one attached hydrogen (secondary N) is 1. The Labute approximate surface area is 181 Å². The van der Waals surface area contributed by atoms with E-state index in [4.69, 9.17) is 21.7 Å². The number of hydrogen-bond donors (Lipinski definition) is 1. The molecule has 0 radical (unpaired) electrons. The number of benzene rings is 2. The third-order valence-electron chi connectivity index (χ3n) is 3.92. The average Bonchev–Trinajstić information content (AvgIpc) is 3.00. The molecule has 0 aliphatic carbocycles. The van der Waals surface area contributed by atoms with Crippen molar-refractivity contribution in [2.24, 2.45) is 0 Å². The number of nitro groups is 1. The summed E-state index contributed by atoms with van der Waals surface area (Å²) in [4.78, 5) is 35.3. The molecule has 154 valence electrons. The minimum absolute atomic E-state index is 0.0582. The lowest BCUT2D eigenvalue weighted by Gasteiger charge is -2.12. The Kier molecular flexibility index (Phi) is 6.48. The van der Waals surface area contributed by atoms with Crippen LogP contribution in [0.15, 0.2) is 41.3 Å². The van der Waals surface area contributed by atoms with E-state index in [9.17, 15) is 19.7 Å². The number of amides is 1. The molecule has 0 bridgehead atoms. The van der Waals surface area contributed by atoms with Gasteiger partial charge in [-0.05, 0) is 49.2 Å². The minimum atomic E-state index is -0.745. The SMILES string of the molecule is CCOc1cc(C=C2SC(=S)NC2=O)ccc1OC(=O)c1cc(C)cc([N+](=O)[O-])c1. The van der Waals surface area contributed by atoms with E-state index in [1.807, 2.05) is 0 Å². The zero-order valence-corrected chi connectivity index (χ0v) is 17.6. The summed E-state index contributed by atoms with van der Waals surface area (Å²) in [6.45, 7) is 3.75. The van der Waals surface area contributed by atoms with Gasteiger partial charge in [-0.15, -0.1) is 0 Å². The maximum absolute atomic E-state index is 12.6. The maximum Gasteiger partial charge on any atom is 0.343 e. The first-order valence-corrected chi connectivity index (χ1v) is 9.99. The van der Waals surface area contributed by atoms with Crippen LogP contribution in [0, 0.1) is 17.0 Å². The molecule has 1 aliphatic heterocycles. The Morgan fingerprint density at radius 2 is 2.03 bits per heavy atom. The topological polar surface area (TPSA) is 108 Å². The number of nitrogens with zero attached hydrogens (tertiary/aromatic N) is 1. The fraction of sp³-hybridized carbons (Fsp3) is 0.150. The fourth-order valence-electron chi connectivity index (χ4n) is 2.68. The zero-order chi connectivity index (χ0) is 21.8. The second-order valence-corrected chi connectivity index (χ2v) is 7.91. The number of ether oxygens (including phenoxy) is 2. The van der Waals surface area contributed by atoms with Gasteiger partial charge in [0.15, 0.2) is 11.5 Å². The lowest BCUT2D eigenvalue weighted by Crippen LogP contribution is -2.17. The van der Waals surface area contributed by atoms with Crippen LogP contribution in [0.4, 0.5) is 5.69 Å². The number of esters is 1. The molecule has 2 aromatic rings. The highest BCUT2D eigenvalue weighted by molar-refractivity contribution is 8.26. The van der Waals surface area contributed by atoms with Crippen molar-refractivity contribution in [3.63, 3.8) is 0 Å². The van der Waals surface area contributed by atoms with Gasteiger partial charge >= 0.3 is 5.97 Å². The average molecular weight is 444 g/mol. The van der Waals surface area contributed by atoms with E-state index in [1.165, 1.54) is 18.2 Å². The van der Waals surface area contributed by atoms with E-state index in [-0.39, 0.29) is 22.9 Å². The van der Waals surface area contributed by atoms with Crippen LogP contribution in [0.2, 0.25) is 0 Å². The number of rotatable bonds is 6. The van der Waals surface area contributed by atoms with Crippen LogP contribution in [0.1, 0.15) is 28.4 Å². The molecule has 0 aromatic heterocycles. The first-order valence-electron chi connectivity index (χ1n) is 8.76. The van der Waals surface area contributed by atoms with Gasteiger partial charge in [-0.3, -0.25) is 14.9 Å². The highest BCUT2D eigenvalue weighted by Gasteiger charge is 2.22. The van der Waals surface area contributed by atoms with Crippen molar-refractivity contribution in [1.82, 2.24) is 5.32 Å². The van der Waals surface area contributed by atoms with E-state index in [1.54, 1.807) is 32.1 Å². The third kappa shape index (κ3) is 5.02. The van der Waals surface area contributed by atoms with Gasteiger partial charge in [0.25, 0.3) is 11.6 Å². The Bertz CT molecular complexity index is 1100. The number of nitro benzene ring substituents is 1. The molecule has 1 amide bonds. The lowest BCUT2D eigenvalue weighted by atomic mass is 10.1. The van der Waals surface area contributed by atoms with Crippen LogP contribution in [0.25, 0.3) is 6.08 Å². The number of carbonyl (C=O) groups is 2. The lowest BCUT2D eigenvalue weighted by molar-refractivity contribution is -0.384. The molecule has 0 unspecified atom stereocenters. The quantitative estimate of drug-likeness (QED) is 0.178. The summed E-state index contributed by atoms with van der Waals surface area (Å²) in [7, 11) is 0. The number of non-ortho nitro benzene ring substituents is 1. The van der Waals surface area contributed by atoms with Gasteiger partial charge in [-0.25, -0.2) is 4.79 Å². The molecule has 30 heavy (non-hydrogen) atoms. The Morgan fingerprint density at radius 1 is 1.27 bits per heavy atom. The molecule has 3 rings (SSSR count). The molecule has 1 aliphatic rings. The molecule has 1 fully saturated rings. The zero-order valence-electron chi connectivity index (χ0n) is 16.0. The minimum Gasteiger partial charge on any atom is -0.490 e. The van der Waals surface area contributed by atoms with Crippen LogP contribution in [-0.4, -0.2) is 27.7 Å². The summed E-state index contributed by atoms with van der Waals surface area (Å²) in [5.41, 5.74) is 1.09. The van der Waals surface area contributed by atoms with Crippen LogP contribution >= 0.6 is 24.0 Å². The third-order valence-corrected chi connectivity index (χ3v) is 5.08. The largest absolute Gasteiger partial charge is 0.490 e. The smallest absolute Gasteiger partial charge is 0.343 e. The van der Waals surface area contributed by atoms with Crippen molar-refractivity contribution < 1.29 is 24.0 Å². The monoisotopic (exact) mass is 444 g/mol. The van der Waals surface area contributed by atoms with Gasteiger partial charge in [0, 0.05) is 12.1 Å². The summed E-state index contributed by atoms with van der Waals surface area (Å²) in [5, 5.41) is 13.6. The first kappa shape index (κ1) is 21.5. The molecular weight excluding hydrogens is 428 g/mol. The van der Waals surface area contributed by atoms with Gasteiger partial charge < -0.3 is 14.8 Å². The molecule has 0 atom stereocenters. The fourth-order valence-corrected chi connectivity index (χ4v) is 3.73. The second kappa shape index (κ2) is 9.06. The molecule has 1 saturated heterocycles. The van der Waals surface area contributed by atoms with Gasteiger partial charge in [0.1, 0.15) is 4.32 Å².